The van der Waals surface area contributed by atoms with Crippen LogP contribution in [0.3, 0.4) is 0 Å². The number of aryl methyl sites for hydroxylation is 2. The maximum Gasteiger partial charge on any atom is 0.240 e. The largest absolute Gasteiger partial charge is 0.240 e. The Morgan fingerprint density at radius 2 is 1.95 bits per heavy atom. The molecule has 0 amide bonds. The van der Waals surface area contributed by atoms with E-state index in [9.17, 15) is 8.42 Å². The van der Waals surface area contributed by atoms with Gasteiger partial charge in [0.05, 0.1) is 16.5 Å². The highest BCUT2D eigenvalue weighted by Gasteiger charge is 2.15. The SMILES string of the molecule is CCc1ccc(CNS(=O)(=O)c2ccc(C#N)c(C)c2)s1. The minimum atomic E-state index is -3.56. The maximum absolute atomic E-state index is 12.2. The van der Waals surface area contributed by atoms with Gasteiger partial charge in [-0.25, -0.2) is 13.1 Å². The summed E-state index contributed by atoms with van der Waals surface area (Å²) in [5.41, 5.74) is 1.14. The van der Waals surface area contributed by atoms with Crippen LogP contribution in [0.5, 0.6) is 0 Å². The Morgan fingerprint density at radius 3 is 2.52 bits per heavy atom. The zero-order valence-electron chi connectivity index (χ0n) is 11.9. The minimum Gasteiger partial charge on any atom is -0.207 e. The van der Waals surface area contributed by atoms with E-state index in [1.54, 1.807) is 18.3 Å². The number of nitrogens with one attached hydrogen (secondary N) is 1. The Labute approximate surface area is 129 Å². The molecule has 2 aromatic rings. The van der Waals surface area contributed by atoms with Crippen LogP contribution < -0.4 is 4.72 Å². The summed E-state index contributed by atoms with van der Waals surface area (Å²) in [5, 5.41) is 8.88. The second-order valence-electron chi connectivity index (χ2n) is 4.63. The van der Waals surface area contributed by atoms with Crippen LogP contribution in [-0.4, -0.2) is 8.42 Å². The molecule has 0 bridgehead atoms. The Balaban J connectivity index is 2.15. The zero-order valence-corrected chi connectivity index (χ0v) is 13.5. The number of thiophene rings is 1. The number of benzene rings is 1. The molecule has 1 aromatic carbocycles. The first-order valence-electron chi connectivity index (χ1n) is 6.54. The van der Waals surface area contributed by atoms with Crippen LogP contribution in [0, 0.1) is 18.3 Å². The van der Waals surface area contributed by atoms with Crippen molar-refractivity contribution in [2.75, 3.05) is 0 Å². The van der Waals surface area contributed by atoms with Gasteiger partial charge in [0.15, 0.2) is 0 Å². The molecule has 1 N–H and O–H groups in total. The van der Waals surface area contributed by atoms with Crippen molar-refractivity contribution in [2.24, 2.45) is 0 Å². The molecule has 0 radical (unpaired) electrons. The summed E-state index contributed by atoms with van der Waals surface area (Å²) in [6.45, 7) is 4.08. The number of hydrogen-bond acceptors (Lipinski definition) is 4. The molecular weight excluding hydrogens is 304 g/mol. The van der Waals surface area contributed by atoms with E-state index in [-0.39, 0.29) is 11.4 Å². The lowest BCUT2D eigenvalue weighted by molar-refractivity contribution is 0.581. The number of nitrogens with zero attached hydrogens (tertiary/aromatic N) is 1. The summed E-state index contributed by atoms with van der Waals surface area (Å²) in [7, 11) is -3.56. The number of nitriles is 1. The smallest absolute Gasteiger partial charge is 0.207 e. The van der Waals surface area contributed by atoms with E-state index < -0.39 is 10.0 Å². The van der Waals surface area contributed by atoms with Crippen molar-refractivity contribution in [3.05, 3.63) is 51.2 Å². The first-order valence-corrected chi connectivity index (χ1v) is 8.84. The van der Waals surface area contributed by atoms with E-state index >= 15 is 0 Å². The van der Waals surface area contributed by atoms with Gasteiger partial charge in [-0.1, -0.05) is 6.92 Å². The van der Waals surface area contributed by atoms with Crippen molar-refractivity contribution < 1.29 is 8.42 Å². The van der Waals surface area contributed by atoms with E-state index in [2.05, 4.69) is 11.6 Å². The average molecular weight is 320 g/mol. The molecular formula is C15H16N2O2S2. The van der Waals surface area contributed by atoms with Gasteiger partial charge >= 0.3 is 0 Å². The average Bonchev–Trinajstić information content (AvgIpc) is 2.93. The van der Waals surface area contributed by atoms with Gasteiger partial charge in [0.25, 0.3) is 0 Å². The fourth-order valence-electron chi connectivity index (χ4n) is 1.89. The standard InChI is InChI=1S/C15H16N2O2S2/c1-3-13-5-6-14(20-13)10-17-21(18,19)15-7-4-12(9-16)11(2)8-15/h4-8,17H,3,10H2,1-2H3. The molecule has 0 saturated heterocycles. The molecule has 0 unspecified atom stereocenters. The molecule has 0 saturated carbocycles. The second-order valence-corrected chi connectivity index (χ2v) is 7.65. The first kappa shape index (κ1) is 15.7. The van der Waals surface area contributed by atoms with Crippen molar-refractivity contribution in [2.45, 2.75) is 31.7 Å². The summed E-state index contributed by atoms with van der Waals surface area (Å²) >= 11 is 1.61. The van der Waals surface area contributed by atoms with Gasteiger partial charge < -0.3 is 0 Å². The predicted octanol–water partition coefficient (Wildman–Crippen LogP) is 2.97. The fraction of sp³-hybridized carbons (Fsp3) is 0.267. The van der Waals surface area contributed by atoms with Crippen molar-refractivity contribution in [3.63, 3.8) is 0 Å². The van der Waals surface area contributed by atoms with Gasteiger partial charge in [0.2, 0.25) is 10.0 Å². The predicted molar refractivity (Wildman–Crippen MR) is 83.6 cm³/mol. The number of sulfonamides is 1. The van der Waals surface area contributed by atoms with Crippen LogP contribution >= 0.6 is 11.3 Å². The van der Waals surface area contributed by atoms with E-state index in [1.165, 1.54) is 23.1 Å². The summed E-state index contributed by atoms with van der Waals surface area (Å²) < 4.78 is 27.1. The molecule has 0 aliphatic rings. The molecule has 1 aromatic heterocycles. The second kappa shape index (κ2) is 6.39. The van der Waals surface area contributed by atoms with Crippen molar-refractivity contribution in [3.8, 4) is 6.07 Å². The van der Waals surface area contributed by atoms with E-state index in [1.807, 2.05) is 18.2 Å². The van der Waals surface area contributed by atoms with Crippen LogP contribution in [0.2, 0.25) is 0 Å². The molecule has 0 aliphatic heterocycles. The number of rotatable bonds is 5. The van der Waals surface area contributed by atoms with E-state index in [0.717, 1.165) is 11.3 Å². The lowest BCUT2D eigenvalue weighted by Crippen LogP contribution is -2.22. The third-order valence-electron chi connectivity index (χ3n) is 3.13. The first-order chi connectivity index (χ1) is 9.96. The lowest BCUT2D eigenvalue weighted by Gasteiger charge is -2.07. The highest BCUT2D eigenvalue weighted by molar-refractivity contribution is 7.89. The topological polar surface area (TPSA) is 70.0 Å². The zero-order chi connectivity index (χ0) is 15.5. The summed E-state index contributed by atoms with van der Waals surface area (Å²) in [6.07, 6.45) is 0.951. The lowest BCUT2D eigenvalue weighted by atomic mass is 10.1. The Bertz CT molecular complexity index is 786. The third kappa shape index (κ3) is 3.70. The van der Waals surface area contributed by atoms with Crippen molar-refractivity contribution >= 4 is 21.4 Å². The van der Waals surface area contributed by atoms with Gasteiger partial charge in [-0.2, -0.15) is 5.26 Å². The third-order valence-corrected chi connectivity index (χ3v) is 5.76. The molecule has 4 nitrogen and oxygen atoms in total. The highest BCUT2D eigenvalue weighted by atomic mass is 32.2. The van der Waals surface area contributed by atoms with Crippen LogP contribution in [0.4, 0.5) is 0 Å². The Morgan fingerprint density at radius 1 is 1.24 bits per heavy atom. The van der Waals surface area contributed by atoms with Crippen LogP contribution in [0.15, 0.2) is 35.2 Å². The van der Waals surface area contributed by atoms with Gasteiger partial charge in [-0.3, -0.25) is 0 Å². The minimum absolute atomic E-state index is 0.186. The molecule has 0 spiro atoms. The number of hydrogen-bond donors (Lipinski definition) is 1. The molecule has 2 rings (SSSR count). The van der Waals surface area contributed by atoms with Gasteiger partial charge in [-0.05, 0) is 49.2 Å². The van der Waals surface area contributed by atoms with Crippen molar-refractivity contribution in [1.29, 1.82) is 5.26 Å². The van der Waals surface area contributed by atoms with E-state index in [4.69, 9.17) is 5.26 Å². The quantitative estimate of drug-likeness (QED) is 0.920. The van der Waals surface area contributed by atoms with Crippen LogP contribution in [-0.2, 0) is 23.0 Å². The molecule has 21 heavy (non-hydrogen) atoms. The normalized spacial score (nSPS) is 11.3. The summed E-state index contributed by atoms with van der Waals surface area (Å²) in [6, 6.07) is 10.5. The Kier molecular flexibility index (Phi) is 4.78. The van der Waals surface area contributed by atoms with Crippen molar-refractivity contribution in [1.82, 2.24) is 4.72 Å². The van der Waals surface area contributed by atoms with Crippen LogP contribution in [0.1, 0.15) is 27.8 Å². The van der Waals surface area contributed by atoms with Gasteiger partial charge in [0.1, 0.15) is 0 Å². The molecule has 0 atom stereocenters. The fourth-order valence-corrected chi connectivity index (χ4v) is 3.97. The highest BCUT2D eigenvalue weighted by Crippen LogP contribution is 2.19. The monoisotopic (exact) mass is 320 g/mol. The van der Waals surface area contributed by atoms with Crippen LogP contribution in [0.25, 0.3) is 0 Å². The Hall–Kier alpha value is -1.68. The summed E-state index contributed by atoms with van der Waals surface area (Å²) in [4.78, 5) is 2.41. The molecule has 110 valence electrons. The molecule has 0 aliphatic carbocycles. The summed E-state index contributed by atoms with van der Waals surface area (Å²) in [5.74, 6) is 0. The van der Waals surface area contributed by atoms with E-state index in [0.29, 0.717) is 11.1 Å². The molecule has 6 heteroatoms. The molecule has 0 fully saturated rings. The maximum atomic E-state index is 12.2. The van der Waals surface area contributed by atoms with Gasteiger partial charge in [-0.15, -0.1) is 11.3 Å². The van der Waals surface area contributed by atoms with Gasteiger partial charge in [0, 0.05) is 16.3 Å². The molecule has 1 heterocycles.